The number of amides is 2. The molecule has 1 atom stereocenters. The van der Waals surface area contributed by atoms with E-state index in [0.29, 0.717) is 0 Å². The third kappa shape index (κ3) is 5.09. The lowest BCUT2D eigenvalue weighted by molar-refractivity contribution is -0.271. The van der Waals surface area contributed by atoms with Crippen LogP contribution in [0, 0.1) is 20.8 Å². The van der Waals surface area contributed by atoms with Crippen molar-refractivity contribution in [2.45, 2.75) is 39.0 Å². The average molecular weight is 427 g/mol. The summed E-state index contributed by atoms with van der Waals surface area (Å²) in [5.74, 6) is -2.63. The van der Waals surface area contributed by atoms with E-state index in [9.17, 15) is 27.9 Å². The molecule has 2 amide bonds. The highest BCUT2D eigenvalue weighted by atomic mass is 19.4. The van der Waals surface area contributed by atoms with Gasteiger partial charge in [-0.1, -0.05) is 17.7 Å². The minimum atomic E-state index is -5.16. The molecular formula is C19H24F3N5O3. The number of benzene rings is 1. The summed E-state index contributed by atoms with van der Waals surface area (Å²) in [5, 5.41) is 13.1. The SMILES string of the molecule is Cc1cc(C)c(NCC(=O)NNC(=O)CC(O)(c2nccn2C)C(F)(F)F)c(C)c1. The predicted octanol–water partition coefficient (Wildman–Crippen LogP) is 1.74. The van der Waals surface area contributed by atoms with Crippen molar-refractivity contribution in [2.75, 3.05) is 11.9 Å². The molecule has 8 nitrogen and oxygen atoms in total. The van der Waals surface area contributed by atoms with E-state index in [4.69, 9.17) is 0 Å². The number of nitrogens with one attached hydrogen (secondary N) is 3. The van der Waals surface area contributed by atoms with Gasteiger partial charge in [0.25, 0.3) is 5.91 Å². The molecule has 30 heavy (non-hydrogen) atoms. The maximum absolute atomic E-state index is 13.4. The highest BCUT2D eigenvalue weighted by Crippen LogP contribution is 2.40. The Balaban J connectivity index is 1.96. The quantitative estimate of drug-likeness (QED) is 0.526. The smallest absolute Gasteiger partial charge is 0.376 e. The van der Waals surface area contributed by atoms with Gasteiger partial charge in [-0.15, -0.1) is 0 Å². The van der Waals surface area contributed by atoms with E-state index >= 15 is 0 Å². The number of aromatic nitrogens is 2. The van der Waals surface area contributed by atoms with Crippen LogP contribution in [0.1, 0.15) is 28.9 Å². The summed E-state index contributed by atoms with van der Waals surface area (Å²) in [6.45, 7) is 5.47. The molecule has 11 heteroatoms. The Morgan fingerprint density at radius 1 is 1.10 bits per heavy atom. The van der Waals surface area contributed by atoms with Crippen molar-refractivity contribution in [3.8, 4) is 0 Å². The summed E-state index contributed by atoms with van der Waals surface area (Å²) in [6.07, 6.45) is -4.24. The summed E-state index contributed by atoms with van der Waals surface area (Å²) >= 11 is 0. The number of alkyl halides is 3. The van der Waals surface area contributed by atoms with Gasteiger partial charge in [0.05, 0.1) is 13.0 Å². The number of hydrazine groups is 1. The number of carbonyl (C=O) groups is 2. The monoisotopic (exact) mass is 427 g/mol. The van der Waals surface area contributed by atoms with Crippen molar-refractivity contribution < 1.29 is 27.9 Å². The number of halogens is 3. The molecule has 0 bridgehead atoms. The Bertz CT molecular complexity index is 919. The van der Waals surface area contributed by atoms with E-state index in [1.54, 1.807) is 0 Å². The molecule has 0 radical (unpaired) electrons. The lowest BCUT2D eigenvalue weighted by atomic mass is 9.97. The highest BCUT2D eigenvalue weighted by molar-refractivity contribution is 5.85. The van der Waals surface area contributed by atoms with Gasteiger partial charge >= 0.3 is 6.18 Å². The van der Waals surface area contributed by atoms with Crippen molar-refractivity contribution in [1.82, 2.24) is 20.4 Å². The van der Waals surface area contributed by atoms with Gasteiger partial charge in [0.1, 0.15) is 0 Å². The number of anilines is 1. The summed E-state index contributed by atoms with van der Waals surface area (Å²) < 4.78 is 41.3. The van der Waals surface area contributed by atoms with Gasteiger partial charge in [0.2, 0.25) is 11.5 Å². The molecule has 0 aliphatic carbocycles. The van der Waals surface area contributed by atoms with E-state index in [1.807, 2.05) is 43.8 Å². The first-order valence-corrected chi connectivity index (χ1v) is 9.01. The molecule has 0 saturated heterocycles. The molecule has 0 fully saturated rings. The minimum absolute atomic E-state index is 0.214. The topological polar surface area (TPSA) is 108 Å². The largest absolute Gasteiger partial charge is 0.425 e. The molecule has 1 aromatic heterocycles. The first-order chi connectivity index (χ1) is 13.8. The zero-order chi connectivity index (χ0) is 22.7. The van der Waals surface area contributed by atoms with Gasteiger partial charge in [-0.05, 0) is 31.9 Å². The fourth-order valence-corrected chi connectivity index (χ4v) is 3.16. The lowest BCUT2D eigenvalue weighted by Crippen LogP contribution is -2.51. The summed E-state index contributed by atoms with van der Waals surface area (Å²) in [6, 6.07) is 3.87. The second kappa shape index (κ2) is 8.74. The van der Waals surface area contributed by atoms with Crippen molar-refractivity contribution in [3.05, 3.63) is 47.0 Å². The summed E-state index contributed by atoms with van der Waals surface area (Å²) in [7, 11) is 1.26. The Labute approximate surface area is 171 Å². The van der Waals surface area contributed by atoms with E-state index < -0.39 is 35.8 Å². The van der Waals surface area contributed by atoms with Crippen molar-refractivity contribution in [3.63, 3.8) is 0 Å². The molecule has 0 saturated carbocycles. The van der Waals surface area contributed by atoms with Crippen LogP contribution in [0.25, 0.3) is 0 Å². The molecule has 1 aromatic carbocycles. The number of carbonyl (C=O) groups excluding carboxylic acids is 2. The number of aryl methyl sites for hydroxylation is 4. The lowest BCUT2D eigenvalue weighted by Gasteiger charge is -2.29. The van der Waals surface area contributed by atoms with E-state index in [0.717, 1.165) is 33.1 Å². The minimum Gasteiger partial charge on any atom is -0.376 e. The van der Waals surface area contributed by atoms with Crippen LogP contribution < -0.4 is 16.2 Å². The van der Waals surface area contributed by atoms with Crippen molar-refractivity contribution in [1.29, 1.82) is 0 Å². The molecule has 2 aromatic rings. The highest BCUT2D eigenvalue weighted by Gasteiger charge is 2.58. The first-order valence-electron chi connectivity index (χ1n) is 9.01. The van der Waals surface area contributed by atoms with Crippen LogP contribution >= 0.6 is 0 Å². The van der Waals surface area contributed by atoms with Crippen molar-refractivity contribution >= 4 is 17.5 Å². The molecule has 164 valence electrons. The number of rotatable bonds is 6. The first kappa shape index (κ1) is 23.2. The molecular weight excluding hydrogens is 403 g/mol. The van der Waals surface area contributed by atoms with E-state index in [2.05, 4.69) is 10.3 Å². The molecule has 0 aliphatic heterocycles. The molecule has 0 aliphatic rings. The number of hydrogen-bond acceptors (Lipinski definition) is 5. The van der Waals surface area contributed by atoms with Gasteiger partial charge in [-0.2, -0.15) is 13.2 Å². The Morgan fingerprint density at radius 2 is 1.67 bits per heavy atom. The fourth-order valence-electron chi connectivity index (χ4n) is 3.16. The van der Waals surface area contributed by atoms with Gasteiger partial charge in [-0.3, -0.25) is 20.4 Å². The molecule has 1 unspecified atom stereocenters. The number of hydrogen-bond donors (Lipinski definition) is 4. The van der Waals surface area contributed by atoms with Crippen LogP contribution in [0.5, 0.6) is 0 Å². The molecule has 4 N–H and O–H groups in total. The summed E-state index contributed by atoms with van der Waals surface area (Å²) in [4.78, 5) is 27.5. The van der Waals surface area contributed by atoms with Crippen LogP contribution in [0.4, 0.5) is 18.9 Å². The maximum Gasteiger partial charge on any atom is 0.425 e. The zero-order valence-corrected chi connectivity index (χ0v) is 17.0. The van der Waals surface area contributed by atoms with Gasteiger partial charge in [0.15, 0.2) is 5.82 Å². The summed E-state index contributed by atoms with van der Waals surface area (Å²) in [5.41, 5.74) is 4.09. The molecule has 0 spiro atoms. The molecule has 2 rings (SSSR count). The van der Waals surface area contributed by atoms with E-state index in [1.165, 1.54) is 13.2 Å². The number of imidazole rings is 1. The standard InChI is InChI=1S/C19H24F3N5O3/c1-11-7-12(2)16(13(3)8-11)24-10-15(29)26-25-14(28)9-18(30,19(20,21)22)17-23-5-6-27(17)4/h5-8,24,30H,9-10H2,1-4H3,(H,25,28)(H,26,29). The van der Waals surface area contributed by atoms with Gasteiger partial charge < -0.3 is 15.0 Å². The van der Waals surface area contributed by atoms with Crippen LogP contribution in [0.3, 0.4) is 0 Å². The second-order valence-electron chi connectivity index (χ2n) is 7.12. The van der Waals surface area contributed by atoms with Crippen LogP contribution in [0.15, 0.2) is 24.5 Å². The van der Waals surface area contributed by atoms with Crippen molar-refractivity contribution in [2.24, 2.45) is 7.05 Å². The van der Waals surface area contributed by atoms with Crippen LogP contribution in [-0.2, 0) is 22.2 Å². The number of nitrogens with zero attached hydrogens (tertiary/aromatic N) is 2. The Hall–Kier alpha value is -3.08. The van der Waals surface area contributed by atoms with Crippen LogP contribution in [-0.4, -0.2) is 39.2 Å². The van der Waals surface area contributed by atoms with Gasteiger partial charge in [-0.25, -0.2) is 4.98 Å². The van der Waals surface area contributed by atoms with Gasteiger partial charge in [0, 0.05) is 25.1 Å². The fraction of sp³-hybridized carbons (Fsp3) is 0.421. The zero-order valence-electron chi connectivity index (χ0n) is 17.0. The number of aliphatic hydroxyl groups is 1. The third-order valence-corrected chi connectivity index (χ3v) is 4.52. The average Bonchev–Trinajstić information content (AvgIpc) is 3.04. The Kier molecular flexibility index (Phi) is 6.76. The van der Waals surface area contributed by atoms with Crippen LogP contribution in [0.2, 0.25) is 0 Å². The second-order valence-corrected chi connectivity index (χ2v) is 7.12. The maximum atomic E-state index is 13.4. The predicted molar refractivity (Wildman–Crippen MR) is 103 cm³/mol. The van der Waals surface area contributed by atoms with E-state index in [-0.39, 0.29) is 6.54 Å². The Morgan fingerprint density at radius 3 is 2.17 bits per heavy atom. The third-order valence-electron chi connectivity index (χ3n) is 4.52. The normalized spacial score (nSPS) is 13.5. The molecule has 1 heterocycles.